The van der Waals surface area contributed by atoms with Crippen LogP contribution in [0, 0.1) is 11.7 Å². The second-order valence-corrected chi connectivity index (χ2v) is 8.25. The minimum atomic E-state index is -0.219. The largest absolute Gasteiger partial charge is 0.496 e. The first-order valence-corrected chi connectivity index (χ1v) is 10.3. The Morgan fingerprint density at radius 3 is 2.59 bits per heavy atom. The van der Waals surface area contributed by atoms with E-state index in [2.05, 4.69) is 12.2 Å². The molecule has 2 fully saturated rings. The number of benzene rings is 1. The minimum absolute atomic E-state index is 0.194. The van der Waals surface area contributed by atoms with Crippen molar-refractivity contribution in [3.05, 3.63) is 29.6 Å². The van der Waals surface area contributed by atoms with E-state index in [1.165, 1.54) is 35.1 Å². The predicted octanol–water partition coefficient (Wildman–Crippen LogP) is -0.187. The third-order valence-corrected chi connectivity index (χ3v) is 6.22. The van der Waals surface area contributed by atoms with Crippen LogP contribution >= 0.6 is 0 Å². The summed E-state index contributed by atoms with van der Waals surface area (Å²) in [5, 5.41) is 3.26. The summed E-state index contributed by atoms with van der Waals surface area (Å²) in [6.07, 6.45) is 4.87. The molecule has 0 bridgehead atoms. The smallest absolute Gasteiger partial charge is 0.275 e. The Labute approximate surface area is 161 Å². The molecule has 1 aliphatic heterocycles. The molecule has 1 aromatic rings. The number of amides is 1. The average molecular weight is 380 g/mol. The van der Waals surface area contributed by atoms with Crippen molar-refractivity contribution >= 4 is 5.91 Å². The minimum Gasteiger partial charge on any atom is -0.496 e. The zero-order chi connectivity index (χ0) is 19.2. The van der Waals surface area contributed by atoms with Crippen molar-refractivity contribution < 1.29 is 23.7 Å². The summed E-state index contributed by atoms with van der Waals surface area (Å²) in [6.45, 7) is 7.50. The molecule has 5 nitrogen and oxygen atoms in total. The number of methoxy groups -OCH3 is 1. The van der Waals surface area contributed by atoms with Crippen molar-refractivity contribution in [3.63, 3.8) is 0 Å². The molecule has 1 heterocycles. The van der Waals surface area contributed by atoms with Gasteiger partial charge < -0.3 is 19.9 Å². The first-order valence-electron chi connectivity index (χ1n) is 10.3. The van der Waals surface area contributed by atoms with E-state index in [0.717, 1.165) is 50.5 Å². The van der Waals surface area contributed by atoms with Gasteiger partial charge in [0.1, 0.15) is 44.3 Å². The lowest BCUT2D eigenvalue weighted by molar-refractivity contribution is -1.02. The van der Waals surface area contributed by atoms with Gasteiger partial charge in [-0.15, -0.1) is 0 Å². The van der Waals surface area contributed by atoms with Crippen LogP contribution in [-0.2, 0) is 11.3 Å². The standard InChI is InChI=1S/C21H32FN3O2/c1-16-5-3-4-6-19(16)23-21(26)15-25-11-9-24(10-12-25)14-17-13-18(22)7-8-20(17)27-2/h7-8,13,16,19H,3-6,9-12,14-15H2,1-2H3,(H,23,26)/p+2/t16-,19-/m1/s1. The van der Waals surface area contributed by atoms with Crippen LogP contribution < -0.4 is 19.9 Å². The topological polar surface area (TPSA) is 47.2 Å². The van der Waals surface area contributed by atoms with Crippen LogP contribution in [0.2, 0.25) is 0 Å². The number of carbonyl (C=O) groups excluding carboxylic acids is 1. The Bertz CT molecular complexity index is 632. The maximum Gasteiger partial charge on any atom is 0.275 e. The molecular weight excluding hydrogens is 345 g/mol. The van der Waals surface area contributed by atoms with E-state index in [1.54, 1.807) is 19.2 Å². The summed E-state index contributed by atoms with van der Waals surface area (Å²) in [6, 6.07) is 5.07. The molecule has 3 N–H and O–H groups in total. The van der Waals surface area contributed by atoms with Gasteiger partial charge in [-0.1, -0.05) is 19.8 Å². The van der Waals surface area contributed by atoms with Gasteiger partial charge in [-0.2, -0.15) is 0 Å². The van der Waals surface area contributed by atoms with E-state index < -0.39 is 0 Å². The molecule has 1 aliphatic carbocycles. The molecule has 0 aromatic heterocycles. The van der Waals surface area contributed by atoms with Crippen molar-refractivity contribution in [1.82, 2.24) is 5.32 Å². The van der Waals surface area contributed by atoms with Crippen molar-refractivity contribution in [1.29, 1.82) is 0 Å². The van der Waals surface area contributed by atoms with Crippen molar-refractivity contribution in [3.8, 4) is 5.75 Å². The number of rotatable bonds is 6. The van der Waals surface area contributed by atoms with Gasteiger partial charge in [0, 0.05) is 6.04 Å². The average Bonchev–Trinajstić information content (AvgIpc) is 2.65. The Hall–Kier alpha value is -1.66. The second kappa shape index (κ2) is 9.51. The van der Waals surface area contributed by atoms with E-state index in [1.807, 2.05) is 0 Å². The Kier molecular flexibility index (Phi) is 7.07. The molecule has 1 amide bonds. The zero-order valence-electron chi connectivity index (χ0n) is 16.7. The Morgan fingerprint density at radius 1 is 1.19 bits per heavy atom. The normalized spacial score (nSPS) is 28.6. The number of halogens is 1. The van der Waals surface area contributed by atoms with Gasteiger partial charge in [0.15, 0.2) is 6.54 Å². The molecular formula is C21H34FN3O2+2. The molecule has 3 rings (SSSR count). The molecule has 27 heavy (non-hydrogen) atoms. The molecule has 150 valence electrons. The van der Waals surface area contributed by atoms with Crippen LogP contribution in [0.4, 0.5) is 4.39 Å². The lowest BCUT2D eigenvalue weighted by Crippen LogP contribution is -3.28. The van der Waals surface area contributed by atoms with Gasteiger partial charge in [0.25, 0.3) is 5.91 Å². The first kappa shape index (κ1) is 20.1. The fourth-order valence-electron chi connectivity index (χ4n) is 4.48. The predicted molar refractivity (Wildman–Crippen MR) is 102 cm³/mol. The van der Waals surface area contributed by atoms with Crippen LogP contribution in [-0.4, -0.2) is 51.8 Å². The second-order valence-electron chi connectivity index (χ2n) is 8.25. The Morgan fingerprint density at radius 2 is 1.89 bits per heavy atom. The van der Waals surface area contributed by atoms with Gasteiger partial charge >= 0.3 is 0 Å². The van der Waals surface area contributed by atoms with E-state index in [0.29, 0.717) is 18.5 Å². The highest BCUT2D eigenvalue weighted by atomic mass is 19.1. The van der Waals surface area contributed by atoms with Crippen LogP contribution in [0.5, 0.6) is 5.75 Å². The summed E-state index contributed by atoms with van der Waals surface area (Å²) in [5.74, 6) is 1.32. The van der Waals surface area contributed by atoms with Crippen LogP contribution in [0.3, 0.4) is 0 Å². The maximum atomic E-state index is 13.5. The number of piperazine rings is 1. The quantitative estimate of drug-likeness (QED) is 0.642. The number of hydrogen-bond donors (Lipinski definition) is 3. The van der Waals surface area contributed by atoms with Gasteiger partial charge in [0.05, 0.1) is 12.7 Å². The molecule has 1 saturated carbocycles. The van der Waals surface area contributed by atoms with Crippen molar-refractivity contribution in [2.24, 2.45) is 5.92 Å². The summed E-state index contributed by atoms with van der Waals surface area (Å²) < 4.78 is 18.9. The van der Waals surface area contributed by atoms with E-state index >= 15 is 0 Å². The number of hydrogen-bond acceptors (Lipinski definition) is 2. The fourth-order valence-corrected chi connectivity index (χ4v) is 4.48. The first-order chi connectivity index (χ1) is 13.0. The highest BCUT2D eigenvalue weighted by molar-refractivity contribution is 5.77. The highest BCUT2D eigenvalue weighted by Gasteiger charge is 2.28. The Balaban J connectivity index is 1.43. The number of ether oxygens (including phenoxy) is 1. The molecule has 1 saturated heterocycles. The molecule has 2 aliphatic rings. The lowest BCUT2D eigenvalue weighted by atomic mass is 9.86. The summed E-state index contributed by atoms with van der Waals surface area (Å²) >= 11 is 0. The SMILES string of the molecule is COc1ccc(F)cc1C[NH+]1CC[NH+](CC(=O)N[C@@H]2CCCC[C@H]2C)CC1. The number of quaternary nitrogens is 2. The lowest BCUT2D eigenvalue weighted by Gasteiger charge is -2.32. The summed E-state index contributed by atoms with van der Waals surface area (Å²) in [7, 11) is 1.62. The van der Waals surface area contributed by atoms with Gasteiger partial charge in [0.2, 0.25) is 0 Å². The molecule has 6 heteroatoms. The summed E-state index contributed by atoms with van der Waals surface area (Å²) in [5.41, 5.74) is 0.917. The maximum absolute atomic E-state index is 13.5. The molecule has 2 atom stereocenters. The fraction of sp³-hybridized carbons (Fsp3) is 0.667. The third kappa shape index (κ3) is 5.66. The van der Waals surface area contributed by atoms with Crippen molar-refractivity contribution in [2.75, 3.05) is 39.8 Å². The van der Waals surface area contributed by atoms with E-state index in [-0.39, 0.29) is 11.7 Å². The van der Waals surface area contributed by atoms with Crippen LogP contribution in [0.25, 0.3) is 0 Å². The summed E-state index contributed by atoms with van der Waals surface area (Å²) in [4.78, 5) is 15.2. The molecule has 1 aromatic carbocycles. The monoisotopic (exact) mass is 379 g/mol. The molecule has 0 unspecified atom stereocenters. The highest BCUT2D eigenvalue weighted by Crippen LogP contribution is 2.23. The van der Waals surface area contributed by atoms with Crippen molar-refractivity contribution in [2.45, 2.75) is 45.2 Å². The molecule has 0 spiro atoms. The van der Waals surface area contributed by atoms with E-state index in [4.69, 9.17) is 4.74 Å². The van der Waals surface area contributed by atoms with Gasteiger partial charge in [-0.3, -0.25) is 4.79 Å². The van der Waals surface area contributed by atoms with Gasteiger partial charge in [-0.25, -0.2) is 4.39 Å². The number of carbonyl (C=O) groups is 1. The molecule has 0 radical (unpaired) electrons. The van der Waals surface area contributed by atoms with Crippen LogP contribution in [0.15, 0.2) is 18.2 Å². The van der Waals surface area contributed by atoms with Gasteiger partial charge in [-0.05, 0) is 37.0 Å². The van der Waals surface area contributed by atoms with E-state index in [9.17, 15) is 9.18 Å². The van der Waals surface area contributed by atoms with Crippen LogP contribution in [0.1, 0.15) is 38.2 Å². The number of nitrogens with one attached hydrogen (secondary N) is 3. The third-order valence-electron chi connectivity index (χ3n) is 6.22. The zero-order valence-corrected chi connectivity index (χ0v) is 16.7.